The molecule has 1 aromatic rings. The zero-order valence-corrected chi connectivity index (χ0v) is 11.5. The van der Waals surface area contributed by atoms with Crippen LogP contribution in [0, 0.1) is 18.7 Å². The second-order valence-corrected chi connectivity index (χ2v) is 5.38. The number of hydrogen-bond acceptors (Lipinski definition) is 2. The average molecular weight is 264 g/mol. The van der Waals surface area contributed by atoms with Gasteiger partial charge in [0.1, 0.15) is 5.82 Å². The van der Waals surface area contributed by atoms with Gasteiger partial charge in [0.25, 0.3) is 0 Å². The highest BCUT2D eigenvalue weighted by atomic mass is 19.1. The maximum absolute atomic E-state index is 13.4. The van der Waals surface area contributed by atoms with Gasteiger partial charge in [-0.25, -0.2) is 4.39 Å². The van der Waals surface area contributed by atoms with Crippen LogP contribution in [0.15, 0.2) is 18.2 Å². The number of halogens is 1. The lowest BCUT2D eigenvalue weighted by Crippen LogP contribution is -2.42. The molecule has 19 heavy (non-hydrogen) atoms. The van der Waals surface area contributed by atoms with Gasteiger partial charge >= 0.3 is 0 Å². The fraction of sp³-hybridized carbons (Fsp3) is 0.533. The van der Waals surface area contributed by atoms with E-state index in [1.807, 2.05) is 6.07 Å². The Balaban J connectivity index is 1.87. The number of benzene rings is 1. The summed E-state index contributed by atoms with van der Waals surface area (Å²) in [6.45, 7) is 5.11. The van der Waals surface area contributed by atoms with Crippen LogP contribution < -0.4 is 10.6 Å². The van der Waals surface area contributed by atoms with Gasteiger partial charge in [0.2, 0.25) is 5.91 Å². The molecule has 0 aliphatic carbocycles. The summed E-state index contributed by atoms with van der Waals surface area (Å²) in [7, 11) is 0. The minimum atomic E-state index is -0.220. The second-order valence-electron chi connectivity index (χ2n) is 5.38. The van der Waals surface area contributed by atoms with E-state index in [4.69, 9.17) is 0 Å². The van der Waals surface area contributed by atoms with Gasteiger partial charge < -0.3 is 10.6 Å². The Morgan fingerprint density at radius 1 is 1.53 bits per heavy atom. The van der Waals surface area contributed by atoms with Crippen molar-refractivity contribution in [1.29, 1.82) is 0 Å². The maximum atomic E-state index is 13.4. The molecule has 3 nitrogen and oxygen atoms in total. The largest absolute Gasteiger partial charge is 0.352 e. The van der Waals surface area contributed by atoms with Gasteiger partial charge in [-0.15, -0.1) is 0 Å². The van der Waals surface area contributed by atoms with Gasteiger partial charge in [0, 0.05) is 18.5 Å². The third kappa shape index (κ3) is 3.77. The number of hydrogen-bond donors (Lipinski definition) is 2. The van der Waals surface area contributed by atoms with Gasteiger partial charge in [-0.2, -0.15) is 0 Å². The number of amides is 1. The van der Waals surface area contributed by atoms with Crippen LogP contribution in [0.5, 0.6) is 0 Å². The number of rotatable bonds is 3. The Hall–Kier alpha value is -1.42. The van der Waals surface area contributed by atoms with E-state index in [2.05, 4.69) is 17.6 Å². The molecule has 1 saturated heterocycles. The lowest BCUT2D eigenvalue weighted by atomic mass is 9.92. The highest BCUT2D eigenvalue weighted by Gasteiger charge is 2.24. The molecule has 1 heterocycles. The summed E-state index contributed by atoms with van der Waals surface area (Å²) in [6, 6.07) is 5.47. The number of nitrogens with one attached hydrogen (secondary N) is 2. The van der Waals surface area contributed by atoms with Gasteiger partial charge in [0.05, 0.1) is 0 Å². The standard InChI is InChI=1S/C15H21FN2O/c1-10-3-4-12(8-14(10)16)9-18-15(19)13-5-6-17-11(2)7-13/h3-4,8,11,13,17H,5-7,9H2,1-2H3,(H,18,19). The van der Waals surface area contributed by atoms with Crippen LogP contribution in [0.1, 0.15) is 30.9 Å². The molecular weight excluding hydrogens is 243 g/mol. The summed E-state index contributed by atoms with van der Waals surface area (Å²) in [6.07, 6.45) is 1.74. The highest BCUT2D eigenvalue weighted by Crippen LogP contribution is 2.16. The van der Waals surface area contributed by atoms with Gasteiger partial charge in [-0.1, -0.05) is 12.1 Å². The number of carbonyl (C=O) groups excluding carboxylic acids is 1. The van der Waals surface area contributed by atoms with Gasteiger partial charge in [0.15, 0.2) is 0 Å². The van der Waals surface area contributed by atoms with Crippen molar-refractivity contribution in [2.24, 2.45) is 5.92 Å². The summed E-state index contributed by atoms with van der Waals surface area (Å²) >= 11 is 0. The molecule has 4 heteroatoms. The third-order valence-corrected chi connectivity index (χ3v) is 3.70. The lowest BCUT2D eigenvalue weighted by molar-refractivity contribution is -0.126. The smallest absolute Gasteiger partial charge is 0.223 e. The molecule has 0 aromatic heterocycles. The molecule has 104 valence electrons. The Morgan fingerprint density at radius 2 is 2.32 bits per heavy atom. The van der Waals surface area contributed by atoms with E-state index < -0.39 is 0 Å². The van der Waals surface area contributed by atoms with Crippen LogP contribution >= 0.6 is 0 Å². The van der Waals surface area contributed by atoms with Crippen LogP contribution in [0.4, 0.5) is 4.39 Å². The minimum absolute atomic E-state index is 0.0755. The maximum Gasteiger partial charge on any atom is 0.223 e. The molecule has 2 atom stereocenters. The average Bonchev–Trinajstić information content (AvgIpc) is 2.40. The SMILES string of the molecule is Cc1ccc(CNC(=O)C2CCNC(C)C2)cc1F. The Bertz CT molecular complexity index is 461. The summed E-state index contributed by atoms with van der Waals surface area (Å²) in [4.78, 5) is 12.0. The quantitative estimate of drug-likeness (QED) is 0.878. The monoisotopic (exact) mass is 264 g/mol. The minimum Gasteiger partial charge on any atom is -0.352 e. The number of piperidine rings is 1. The van der Waals surface area contributed by atoms with E-state index in [1.54, 1.807) is 13.0 Å². The normalized spacial score (nSPS) is 23.1. The Labute approximate surface area is 113 Å². The lowest BCUT2D eigenvalue weighted by Gasteiger charge is -2.27. The predicted octanol–water partition coefficient (Wildman–Crippen LogP) is 2.14. The highest BCUT2D eigenvalue weighted by molar-refractivity contribution is 5.78. The van der Waals surface area contributed by atoms with Crippen molar-refractivity contribution < 1.29 is 9.18 Å². The summed E-state index contributed by atoms with van der Waals surface area (Å²) < 4.78 is 13.4. The van der Waals surface area contributed by atoms with E-state index in [0.717, 1.165) is 24.9 Å². The Kier molecular flexibility index (Phi) is 4.53. The van der Waals surface area contributed by atoms with E-state index in [9.17, 15) is 9.18 Å². The van der Waals surface area contributed by atoms with Gasteiger partial charge in [-0.05, 0) is 50.4 Å². The molecule has 1 aliphatic rings. The first-order valence-electron chi connectivity index (χ1n) is 6.82. The summed E-state index contributed by atoms with van der Waals surface area (Å²) in [5.41, 5.74) is 1.43. The van der Waals surface area contributed by atoms with E-state index in [-0.39, 0.29) is 17.6 Å². The molecule has 2 rings (SSSR count). The first-order chi connectivity index (χ1) is 9.06. The Morgan fingerprint density at radius 3 is 3.00 bits per heavy atom. The zero-order chi connectivity index (χ0) is 13.8. The van der Waals surface area contributed by atoms with Crippen molar-refractivity contribution in [3.63, 3.8) is 0 Å². The summed E-state index contributed by atoms with van der Waals surface area (Å²) in [5.74, 6) is -0.0666. The van der Waals surface area contributed by atoms with Crippen LogP contribution in [0.2, 0.25) is 0 Å². The third-order valence-electron chi connectivity index (χ3n) is 3.70. The fourth-order valence-corrected chi connectivity index (χ4v) is 2.45. The van der Waals surface area contributed by atoms with Crippen molar-refractivity contribution >= 4 is 5.91 Å². The topological polar surface area (TPSA) is 41.1 Å². The molecule has 1 fully saturated rings. The predicted molar refractivity (Wildman–Crippen MR) is 73.2 cm³/mol. The first-order valence-corrected chi connectivity index (χ1v) is 6.82. The molecule has 2 N–H and O–H groups in total. The molecule has 2 unspecified atom stereocenters. The van der Waals surface area contributed by atoms with Crippen molar-refractivity contribution in [2.45, 2.75) is 39.3 Å². The molecule has 0 radical (unpaired) electrons. The van der Waals surface area contributed by atoms with Crippen molar-refractivity contribution in [3.8, 4) is 0 Å². The molecular formula is C15H21FN2O. The molecule has 0 saturated carbocycles. The van der Waals surface area contributed by atoms with E-state index >= 15 is 0 Å². The molecule has 1 aliphatic heterocycles. The van der Waals surface area contributed by atoms with E-state index in [0.29, 0.717) is 18.2 Å². The van der Waals surface area contributed by atoms with Crippen molar-refractivity contribution in [2.75, 3.05) is 6.54 Å². The fourth-order valence-electron chi connectivity index (χ4n) is 2.45. The van der Waals surface area contributed by atoms with Crippen LogP contribution in [-0.2, 0) is 11.3 Å². The van der Waals surface area contributed by atoms with Crippen LogP contribution in [0.25, 0.3) is 0 Å². The molecule has 1 amide bonds. The first kappa shape index (κ1) is 14.0. The van der Waals surface area contributed by atoms with E-state index in [1.165, 1.54) is 6.07 Å². The number of aryl methyl sites for hydroxylation is 1. The zero-order valence-electron chi connectivity index (χ0n) is 11.5. The van der Waals surface area contributed by atoms with Crippen LogP contribution in [0.3, 0.4) is 0 Å². The van der Waals surface area contributed by atoms with Gasteiger partial charge in [-0.3, -0.25) is 4.79 Å². The van der Waals surface area contributed by atoms with Crippen LogP contribution in [-0.4, -0.2) is 18.5 Å². The second kappa shape index (κ2) is 6.15. The molecule has 0 bridgehead atoms. The molecule has 0 spiro atoms. The van der Waals surface area contributed by atoms with Crippen molar-refractivity contribution in [3.05, 3.63) is 35.1 Å². The van der Waals surface area contributed by atoms with Crippen molar-refractivity contribution in [1.82, 2.24) is 10.6 Å². The number of carbonyl (C=O) groups is 1. The summed E-state index contributed by atoms with van der Waals surface area (Å²) in [5, 5.41) is 6.23. The molecule has 1 aromatic carbocycles.